The minimum atomic E-state index is -0.907. The molecule has 14 heavy (non-hydrogen) atoms. The van der Waals surface area contributed by atoms with Crippen molar-refractivity contribution in [3.8, 4) is 0 Å². The van der Waals surface area contributed by atoms with Gasteiger partial charge in [0.1, 0.15) is 0 Å². The maximum absolute atomic E-state index is 11.3. The maximum atomic E-state index is 11.3. The van der Waals surface area contributed by atoms with Gasteiger partial charge in [0.05, 0.1) is 18.4 Å². The number of carbonyl (C=O) groups excluding carboxylic acids is 1. The number of hydrogen-bond acceptors (Lipinski definition) is 3. The molecule has 1 saturated heterocycles. The Morgan fingerprint density at radius 2 is 2.29 bits per heavy atom. The van der Waals surface area contributed by atoms with Gasteiger partial charge in [-0.1, -0.05) is 19.1 Å². The van der Waals surface area contributed by atoms with Crippen LogP contribution in [0.15, 0.2) is 12.2 Å². The van der Waals surface area contributed by atoms with Crippen LogP contribution in [0, 0.1) is 23.7 Å². The molecule has 2 rings (SSSR count). The molecule has 4 atom stereocenters. The molecule has 1 aliphatic heterocycles. The summed E-state index contributed by atoms with van der Waals surface area (Å²) in [6.07, 6.45) is 3.77. The average molecular weight is 196 g/mol. The zero-order valence-corrected chi connectivity index (χ0v) is 7.84. The number of cyclic esters (lactones) is 1. The van der Waals surface area contributed by atoms with Crippen molar-refractivity contribution in [1.29, 1.82) is 0 Å². The highest BCUT2D eigenvalue weighted by molar-refractivity contribution is 5.83. The molecular formula is C10H12O4. The molecule has 4 heteroatoms. The lowest BCUT2D eigenvalue weighted by molar-refractivity contribution is -0.153. The molecule has 1 fully saturated rings. The van der Waals surface area contributed by atoms with E-state index in [0.717, 1.165) is 0 Å². The van der Waals surface area contributed by atoms with Crippen LogP contribution in [0.2, 0.25) is 0 Å². The summed E-state index contributed by atoms with van der Waals surface area (Å²) >= 11 is 0. The van der Waals surface area contributed by atoms with Crippen LogP contribution in [0.5, 0.6) is 0 Å². The number of aliphatic carboxylic acids is 1. The first-order valence-corrected chi connectivity index (χ1v) is 4.69. The van der Waals surface area contributed by atoms with Gasteiger partial charge in [0.25, 0.3) is 0 Å². The molecule has 76 valence electrons. The molecule has 4 nitrogen and oxygen atoms in total. The first kappa shape index (κ1) is 9.24. The zero-order chi connectivity index (χ0) is 10.3. The van der Waals surface area contributed by atoms with Crippen LogP contribution in [0.4, 0.5) is 0 Å². The largest absolute Gasteiger partial charge is 0.481 e. The van der Waals surface area contributed by atoms with E-state index >= 15 is 0 Å². The second-order valence-electron chi connectivity index (χ2n) is 3.93. The van der Waals surface area contributed by atoms with Crippen LogP contribution in [0.1, 0.15) is 6.92 Å². The predicted molar refractivity (Wildman–Crippen MR) is 47.4 cm³/mol. The van der Waals surface area contributed by atoms with Gasteiger partial charge >= 0.3 is 11.9 Å². The molecule has 4 unspecified atom stereocenters. The minimum Gasteiger partial charge on any atom is -0.481 e. The topological polar surface area (TPSA) is 63.6 Å². The number of allylic oxidation sites excluding steroid dienone is 1. The van der Waals surface area contributed by atoms with E-state index in [-0.39, 0.29) is 17.8 Å². The van der Waals surface area contributed by atoms with Crippen molar-refractivity contribution in [2.24, 2.45) is 23.7 Å². The third kappa shape index (κ3) is 1.22. The van der Waals surface area contributed by atoms with E-state index < -0.39 is 17.8 Å². The van der Waals surface area contributed by atoms with E-state index in [4.69, 9.17) is 9.84 Å². The Bertz CT molecular complexity index is 307. The Kier molecular flexibility index (Phi) is 2.06. The minimum absolute atomic E-state index is 0.0419. The van der Waals surface area contributed by atoms with Crippen molar-refractivity contribution in [2.75, 3.05) is 6.61 Å². The number of esters is 1. The molecule has 0 saturated carbocycles. The van der Waals surface area contributed by atoms with Gasteiger partial charge in [-0.3, -0.25) is 9.59 Å². The summed E-state index contributed by atoms with van der Waals surface area (Å²) in [7, 11) is 0. The van der Waals surface area contributed by atoms with Crippen LogP contribution in [-0.4, -0.2) is 23.7 Å². The van der Waals surface area contributed by atoms with E-state index in [1.807, 2.05) is 19.1 Å². The van der Waals surface area contributed by atoms with Crippen LogP contribution in [-0.2, 0) is 14.3 Å². The Morgan fingerprint density at radius 1 is 1.57 bits per heavy atom. The van der Waals surface area contributed by atoms with E-state index in [2.05, 4.69) is 0 Å². The Morgan fingerprint density at radius 3 is 2.93 bits per heavy atom. The van der Waals surface area contributed by atoms with E-state index in [0.29, 0.717) is 6.61 Å². The maximum Gasteiger partial charge on any atom is 0.310 e. The standard InChI is InChI=1S/C10H12O4/c1-5-2-3-6-4-14-10(13)8(6)7(5)9(11)12/h2-3,5-8H,4H2,1H3,(H,11,12). The third-order valence-corrected chi connectivity index (χ3v) is 3.05. The average Bonchev–Trinajstić information content (AvgIpc) is 2.47. The zero-order valence-electron chi connectivity index (χ0n) is 7.84. The van der Waals surface area contributed by atoms with Crippen LogP contribution in [0.25, 0.3) is 0 Å². The van der Waals surface area contributed by atoms with Gasteiger partial charge in [0.2, 0.25) is 0 Å². The number of carboxylic acid groups (broad SMARTS) is 1. The van der Waals surface area contributed by atoms with E-state index in [1.165, 1.54) is 0 Å². The fourth-order valence-electron chi connectivity index (χ4n) is 2.28. The molecule has 0 radical (unpaired) electrons. The van der Waals surface area contributed by atoms with Crippen molar-refractivity contribution < 1.29 is 19.4 Å². The van der Waals surface area contributed by atoms with Gasteiger partial charge in [-0.25, -0.2) is 0 Å². The predicted octanol–water partition coefficient (Wildman–Crippen LogP) is 0.682. The molecule has 0 spiro atoms. The van der Waals surface area contributed by atoms with Gasteiger partial charge in [0, 0.05) is 5.92 Å². The molecular weight excluding hydrogens is 184 g/mol. The molecule has 1 N–H and O–H groups in total. The van der Waals surface area contributed by atoms with Crippen molar-refractivity contribution in [1.82, 2.24) is 0 Å². The van der Waals surface area contributed by atoms with Crippen molar-refractivity contribution in [3.05, 3.63) is 12.2 Å². The highest BCUT2D eigenvalue weighted by Gasteiger charge is 2.48. The molecule has 0 aromatic heterocycles. The first-order valence-electron chi connectivity index (χ1n) is 4.69. The molecule has 1 aliphatic carbocycles. The molecule has 0 bridgehead atoms. The second kappa shape index (κ2) is 3.12. The summed E-state index contributed by atoms with van der Waals surface area (Å²) < 4.78 is 4.88. The summed E-state index contributed by atoms with van der Waals surface area (Å²) in [5, 5.41) is 9.03. The number of carbonyl (C=O) groups is 2. The Balaban J connectivity index is 2.33. The van der Waals surface area contributed by atoms with Gasteiger partial charge in [0.15, 0.2) is 0 Å². The van der Waals surface area contributed by atoms with Crippen LogP contribution >= 0.6 is 0 Å². The summed E-state index contributed by atoms with van der Waals surface area (Å²) in [6.45, 7) is 2.15. The molecule has 2 aliphatic rings. The summed E-state index contributed by atoms with van der Waals surface area (Å²) in [5.41, 5.74) is 0. The SMILES string of the molecule is CC1C=CC2COC(=O)C2C1C(=O)O. The van der Waals surface area contributed by atoms with Gasteiger partial charge in [-0.15, -0.1) is 0 Å². The smallest absolute Gasteiger partial charge is 0.310 e. The Labute approximate surface area is 81.6 Å². The highest BCUT2D eigenvalue weighted by Crippen LogP contribution is 2.38. The van der Waals surface area contributed by atoms with Crippen LogP contribution < -0.4 is 0 Å². The number of hydrogen-bond donors (Lipinski definition) is 1. The quantitative estimate of drug-likeness (QED) is 0.495. The third-order valence-electron chi connectivity index (χ3n) is 3.05. The fourth-order valence-corrected chi connectivity index (χ4v) is 2.28. The number of rotatable bonds is 1. The molecule has 1 heterocycles. The highest BCUT2D eigenvalue weighted by atomic mass is 16.5. The van der Waals surface area contributed by atoms with Crippen molar-refractivity contribution in [3.63, 3.8) is 0 Å². The summed E-state index contributed by atoms with van der Waals surface area (Å²) in [5.74, 6) is -2.51. The van der Waals surface area contributed by atoms with E-state index in [9.17, 15) is 9.59 Å². The lowest BCUT2D eigenvalue weighted by Crippen LogP contribution is -2.37. The number of carboxylic acids is 1. The Hall–Kier alpha value is -1.32. The monoisotopic (exact) mass is 196 g/mol. The first-order chi connectivity index (χ1) is 6.61. The van der Waals surface area contributed by atoms with Gasteiger partial charge in [-0.05, 0) is 5.92 Å². The number of ether oxygens (including phenoxy) is 1. The van der Waals surface area contributed by atoms with Gasteiger partial charge < -0.3 is 9.84 Å². The second-order valence-corrected chi connectivity index (χ2v) is 3.93. The lowest BCUT2D eigenvalue weighted by Gasteiger charge is -2.27. The molecule has 0 amide bonds. The van der Waals surface area contributed by atoms with Crippen LogP contribution in [0.3, 0.4) is 0 Å². The summed E-state index contributed by atoms with van der Waals surface area (Å²) in [4.78, 5) is 22.4. The molecule has 0 aromatic rings. The van der Waals surface area contributed by atoms with E-state index in [1.54, 1.807) is 0 Å². The van der Waals surface area contributed by atoms with Crippen molar-refractivity contribution >= 4 is 11.9 Å². The van der Waals surface area contributed by atoms with Crippen molar-refractivity contribution in [2.45, 2.75) is 6.92 Å². The van der Waals surface area contributed by atoms with Gasteiger partial charge in [-0.2, -0.15) is 0 Å². The normalized spacial score (nSPS) is 40.5. The fraction of sp³-hybridized carbons (Fsp3) is 0.600. The molecule has 0 aromatic carbocycles. The lowest BCUT2D eigenvalue weighted by atomic mass is 9.72. The number of fused-ring (bicyclic) bond motifs is 1. The summed E-state index contributed by atoms with van der Waals surface area (Å²) in [6, 6.07) is 0.